The summed E-state index contributed by atoms with van der Waals surface area (Å²) in [5.74, 6) is 0.451. The van der Waals surface area contributed by atoms with Crippen LogP contribution >= 0.6 is 0 Å². The van der Waals surface area contributed by atoms with Crippen molar-refractivity contribution in [1.82, 2.24) is 5.32 Å². The topological polar surface area (TPSA) is 32.3 Å². The van der Waals surface area contributed by atoms with Gasteiger partial charge in [0.25, 0.3) is 0 Å². The molecule has 0 fully saturated rings. The van der Waals surface area contributed by atoms with Crippen LogP contribution < -0.4 is 5.32 Å². The van der Waals surface area contributed by atoms with E-state index in [9.17, 15) is 5.11 Å². The molecule has 0 aromatic heterocycles. The lowest BCUT2D eigenvalue weighted by Gasteiger charge is -2.23. The van der Waals surface area contributed by atoms with Crippen LogP contribution in [0.15, 0.2) is 0 Å². The summed E-state index contributed by atoms with van der Waals surface area (Å²) < 4.78 is 0. The van der Waals surface area contributed by atoms with Gasteiger partial charge in [0, 0.05) is 6.54 Å². The van der Waals surface area contributed by atoms with E-state index in [0.29, 0.717) is 5.92 Å². The van der Waals surface area contributed by atoms with Crippen molar-refractivity contribution in [2.45, 2.75) is 110 Å². The zero-order valence-electron chi connectivity index (χ0n) is 15.7. The second-order valence-electron chi connectivity index (χ2n) is 7.00. The SMILES string of the molecule is CCCCCCCCC(O)C(CCCCCCCC)CNC. The largest absolute Gasteiger partial charge is 0.393 e. The first-order chi connectivity index (χ1) is 10.8. The third-order valence-electron chi connectivity index (χ3n) is 4.79. The van der Waals surface area contributed by atoms with Crippen LogP contribution in [0.1, 0.15) is 104 Å². The zero-order chi connectivity index (χ0) is 16.5. The van der Waals surface area contributed by atoms with E-state index >= 15 is 0 Å². The Bertz CT molecular complexity index is 208. The molecule has 0 saturated heterocycles. The quantitative estimate of drug-likeness (QED) is 0.338. The highest BCUT2D eigenvalue weighted by molar-refractivity contribution is 4.71. The minimum absolute atomic E-state index is 0.103. The van der Waals surface area contributed by atoms with Crippen LogP contribution in [0.2, 0.25) is 0 Å². The lowest BCUT2D eigenvalue weighted by atomic mass is 9.91. The molecule has 0 spiro atoms. The van der Waals surface area contributed by atoms with Gasteiger partial charge in [-0.3, -0.25) is 0 Å². The van der Waals surface area contributed by atoms with Gasteiger partial charge in [-0.2, -0.15) is 0 Å². The molecule has 0 aromatic carbocycles. The monoisotopic (exact) mass is 313 g/mol. The average Bonchev–Trinajstić information content (AvgIpc) is 2.52. The molecule has 2 N–H and O–H groups in total. The fourth-order valence-corrected chi connectivity index (χ4v) is 3.25. The van der Waals surface area contributed by atoms with Crippen molar-refractivity contribution in [2.75, 3.05) is 13.6 Å². The first-order valence-corrected chi connectivity index (χ1v) is 10.1. The molecular weight excluding hydrogens is 270 g/mol. The van der Waals surface area contributed by atoms with Crippen LogP contribution in [0.5, 0.6) is 0 Å². The molecule has 0 amide bonds. The Labute approximate surface area is 140 Å². The minimum Gasteiger partial charge on any atom is -0.393 e. The molecule has 22 heavy (non-hydrogen) atoms. The van der Waals surface area contributed by atoms with Crippen LogP contribution in [0.4, 0.5) is 0 Å². The van der Waals surface area contributed by atoms with Crippen molar-refractivity contribution in [1.29, 1.82) is 0 Å². The fourth-order valence-electron chi connectivity index (χ4n) is 3.25. The van der Waals surface area contributed by atoms with Gasteiger partial charge in [-0.15, -0.1) is 0 Å². The van der Waals surface area contributed by atoms with Gasteiger partial charge in [0.1, 0.15) is 0 Å². The van der Waals surface area contributed by atoms with E-state index in [4.69, 9.17) is 0 Å². The molecule has 0 aromatic rings. The molecule has 134 valence electrons. The van der Waals surface area contributed by atoms with E-state index in [1.165, 1.54) is 83.5 Å². The highest BCUT2D eigenvalue weighted by atomic mass is 16.3. The van der Waals surface area contributed by atoms with Crippen LogP contribution in [0, 0.1) is 5.92 Å². The normalized spacial score (nSPS) is 14.2. The van der Waals surface area contributed by atoms with Gasteiger partial charge in [0.05, 0.1) is 6.10 Å². The zero-order valence-corrected chi connectivity index (χ0v) is 15.7. The highest BCUT2D eigenvalue weighted by Crippen LogP contribution is 2.19. The van der Waals surface area contributed by atoms with Crippen molar-refractivity contribution in [3.8, 4) is 0 Å². The second kappa shape index (κ2) is 17.3. The van der Waals surface area contributed by atoms with E-state index in [2.05, 4.69) is 19.2 Å². The number of aliphatic hydroxyl groups is 1. The Kier molecular flexibility index (Phi) is 17.2. The molecule has 0 aliphatic carbocycles. The number of hydrogen-bond donors (Lipinski definition) is 2. The Morgan fingerprint density at radius 2 is 1.14 bits per heavy atom. The minimum atomic E-state index is -0.103. The molecule has 2 nitrogen and oxygen atoms in total. The number of rotatable bonds is 17. The molecule has 2 heteroatoms. The Balaban J connectivity index is 3.70. The predicted octanol–water partition coefficient (Wildman–Crippen LogP) is 5.68. The van der Waals surface area contributed by atoms with Gasteiger partial charge in [0.2, 0.25) is 0 Å². The molecule has 0 bridgehead atoms. The van der Waals surface area contributed by atoms with Gasteiger partial charge in [-0.1, -0.05) is 90.9 Å². The number of unbranched alkanes of at least 4 members (excludes halogenated alkanes) is 10. The molecule has 0 aliphatic heterocycles. The highest BCUT2D eigenvalue weighted by Gasteiger charge is 2.17. The summed E-state index contributed by atoms with van der Waals surface area (Å²) in [7, 11) is 2.01. The van der Waals surface area contributed by atoms with Crippen molar-refractivity contribution >= 4 is 0 Å². The summed E-state index contributed by atoms with van der Waals surface area (Å²) in [6.07, 6.45) is 18.0. The van der Waals surface area contributed by atoms with Gasteiger partial charge in [-0.05, 0) is 25.8 Å². The van der Waals surface area contributed by atoms with E-state index in [-0.39, 0.29) is 6.10 Å². The predicted molar refractivity (Wildman–Crippen MR) is 99.4 cm³/mol. The third-order valence-corrected chi connectivity index (χ3v) is 4.79. The first kappa shape index (κ1) is 21.9. The molecule has 0 rings (SSSR count). The number of aliphatic hydroxyl groups excluding tert-OH is 1. The average molecular weight is 314 g/mol. The number of nitrogens with one attached hydrogen (secondary N) is 1. The number of hydrogen-bond acceptors (Lipinski definition) is 2. The lowest BCUT2D eigenvalue weighted by Crippen LogP contribution is -2.29. The van der Waals surface area contributed by atoms with Crippen LogP contribution in [0.25, 0.3) is 0 Å². The van der Waals surface area contributed by atoms with Crippen molar-refractivity contribution in [2.24, 2.45) is 5.92 Å². The van der Waals surface area contributed by atoms with E-state index in [1.54, 1.807) is 0 Å². The maximum atomic E-state index is 10.4. The molecule has 0 radical (unpaired) electrons. The standard InChI is InChI=1S/C20H43NO/c1-4-6-8-10-12-14-16-19(18-21-3)20(22)17-15-13-11-9-7-5-2/h19-22H,4-18H2,1-3H3. The van der Waals surface area contributed by atoms with Gasteiger partial charge < -0.3 is 10.4 Å². The van der Waals surface area contributed by atoms with Crippen LogP contribution in [-0.4, -0.2) is 24.8 Å². The molecule has 2 atom stereocenters. The third kappa shape index (κ3) is 13.6. The van der Waals surface area contributed by atoms with E-state index < -0.39 is 0 Å². The van der Waals surface area contributed by atoms with Gasteiger partial charge in [-0.25, -0.2) is 0 Å². The molecule has 0 aliphatic rings. The second-order valence-corrected chi connectivity index (χ2v) is 7.00. The summed E-state index contributed by atoms with van der Waals surface area (Å²) in [4.78, 5) is 0. The van der Waals surface area contributed by atoms with Gasteiger partial charge >= 0.3 is 0 Å². The molecular formula is C20H43NO. The van der Waals surface area contributed by atoms with E-state index in [0.717, 1.165) is 13.0 Å². The summed E-state index contributed by atoms with van der Waals surface area (Å²) in [5.41, 5.74) is 0. The molecule has 0 heterocycles. The molecule has 2 unspecified atom stereocenters. The van der Waals surface area contributed by atoms with Crippen molar-refractivity contribution < 1.29 is 5.11 Å². The Hall–Kier alpha value is -0.0800. The van der Waals surface area contributed by atoms with Crippen molar-refractivity contribution in [3.05, 3.63) is 0 Å². The fraction of sp³-hybridized carbons (Fsp3) is 1.00. The van der Waals surface area contributed by atoms with Gasteiger partial charge in [0.15, 0.2) is 0 Å². The summed E-state index contributed by atoms with van der Waals surface area (Å²) in [6.45, 7) is 5.49. The first-order valence-electron chi connectivity index (χ1n) is 10.1. The maximum Gasteiger partial charge on any atom is 0.0580 e. The summed E-state index contributed by atoms with van der Waals surface area (Å²) >= 11 is 0. The van der Waals surface area contributed by atoms with E-state index in [1.807, 2.05) is 7.05 Å². The van der Waals surface area contributed by atoms with Crippen molar-refractivity contribution in [3.63, 3.8) is 0 Å². The summed E-state index contributed by atoms with van der Waals surface area (Å²) in [5, 5.41) is 13.7. The molecule has 0 saturated carbocycles. The maximum absolute atomic E-state index is 10.4. The Morgan fingerprint density at radius 1 is 0.682 bits per heavy atom. The van der Waals surface area contributed by atoms with Crippen LogP contribution in [0.3, 0.4) is 0 Å². The smallest absolute Gasteiger partial charge is 0.0580 e. The summed E-state index contributed by atoms with van der Waals surface area (Å²) in [6, 6.07) is 0. The Morgan fingerprint density at radius 3 is 1.64 bits per heavy atom. The lowest BCUT2D eigenvalue weighted by molar-refractivity contribution is 0.0898. The van der Waals surface area contributed by atoms with Crippen LogP contribution in [-0.2, 0) is 0 Å².